The summed E-state index contributed by atoms with van der Waals surface area (Å²) in [6.45, 7) is 9.09. The predicted octanol–water partition coefficient (Wildman–Crippen LogP) is 1.87. The molecule has 1 rings (SSSR count). The summed E-state index contributed by atoms with van der Waals surface area (Å²) in [4.78, 5) is 13.9. The summed E-state index contributed by atoms with van der Waals surface area (Å²) < 4.78 is 0. The Balaban J connectivity index is 2.33. The maximum absolute atomic E-state index is 11.9. The van der Waals surface area contributed by atoms with Crippen molar-refractivity contribution in [2.24, 2.45) is 23.5 Å². The SMILES string of the molecule is CC(CN)CC(=O)N1CCC(C(C)C)CC1. The number of likely N-dealkylation sites (tertiary alicyclic amines) is 1. The van der Waals surface area contributed by atoms with E-state index in [0.717, 1.165) is 24.9 Å². The predicted molar refractivity (Wildman–Crippen MR) is 67.0 cm³/mol. The van der Waals surface area contributed by atoms with E-state index < -0.39 is 0 Å². The van der Waals surface area contributed by atoms with Gasteiger partial charge in [-0.05, 0) is 37.1 Å². The molecule has 94 valence electrons. The molecule has 0 radical (unpaired) electrons. The maximum atomic E-state index is 11.9. The van der Waals surface area contributed by atoms with Gasteiger partial charge in [-0.2, -0.15) is 0 Å². The van der Waals surface area contributed by atoms with Gasteiger partial charge in [-0.1, -0.05) is 20.8 Å². The molecule has 1 amide bonds. The van der Waals surface area contributed by atoms with Crippen LogP contribution >= 0.6 is 0 Å². The Morgan fingerprint density at radius 1 is 1.31 bits per heavy atom. The lowest BCUT2D eigenvalue weighted by molar-refractivity contribution is -0.133. The minimum absolute atomic E-state index is 0.292. The van der Waals surface area contributed by atoms with E-state index in [1.807, 2.05) is 11.8 Å². The van der Waals surface area contributed by atoms with Crippen molar-refractivity contribution >= 4 is 5.91 Å². The molecule has 1 heterocycles. The van der Waals surface area contributed by atoms with Crippen LogP contribution in [0, 0.1) is 17.8 Å². The molecule has 0 aromatic heterocycles. The molecule has 1 aliphatic heterocycles. The van der Waals surface area contributed by atoms with Gasteiger partial charge in [0.1, 0.15) is 0 Å². The van der Waals surface area contributed by atoms with E-state index in [0.29, 0.717) is 24.8 Å². The van der Waals surface area contributed by atoms with E-state index in [4.69, 9.17) is 5.73 Å². The van der Waals surface area contributed by atoms with Crippen LogP contribution in [-0.4, -0.2) is 30.4 Å². The normalized spacial score (nSPS) is 20.2. The van der Waals surface area contributed by atoms with Crippen molar-refractivity contribution in [3.05, 3.63) is 0 Å². The lowest BCUT2D eigenvalue weighted by Gasteiger charge is -2.34. The molecule has 1 aliphatic rings. The zero-order valence-electron chi connectivity index (χ0n) is 10.9. The third-order valence-corrected chi connectivity index (χ3v) is 3.76. The van der Waals surface area contributed by atoms with E-state index >= 15 is 0 Å². The summed E-state index contributed by atoms with van der Waals surface area (Å²) in [5.41, 5.74) is 5.54. The lowest BCUT2D eigenvalue weighted by Crippen LogP contribution is -2.40. The van der Waals surface area contributed by atoms with Gasteiger partial charge in [0.05, 0.1) is 0 Å². The monoisotopic (exact) mass is 226 g/mol. The lowest BCUT2D eigenvalue weighted by atomic mass is 9.86. The minimum atomic E-state index is 0.292. The molecular weight excluding hydrogens is 200 g/mol. The number of nitrogens with zero attached hydrogens (tertiary/aromatic N) is 1. The van der Waals surface area contributed by atoms with Gasteiger partial charge in [0, 0.05) is 19.5 Å². The molecule has 1 fully saturated rings. The average Bonchev–Trinajstić information content (AvgIpc) is 2.28. The summed E-state index contributed by atoms with van der Waals surface area (Å²) >= 11 is 0. The van der Waals surface area contributed by atoms with Crippen LogP contribution in [-0.2, 0) is 4.79 Å². The number of hydrogen-bond acceptors (Lipinski definition) is 2. The van der Waals surface area contributed by atoms with E-state index in [-0.39, 0.29) is 0 Å². The van der Waals surface area contributed by atoms with Crippen LogP contribution in [0.3, 0.4) is 0 Å². The average molecular weight is 226 g/mol. The molecule has 16 heavy (non-hydrogen) atoms. The number of rotatable bonds is 4. The first-order valence-electron chi connectivity index (χ1n) is 6.52. The molecule has 3 nitrogen and oxygen atoms in total. The smallest absolute Gasteiger partial charge is 0.222 e. The molecule has 2 N–H and O–H groups in total. The highest BCUT2D eigenvalue weighted by Gasteiger charge is 2.24. The van der Waals surface area contributed by atoms with Crippen molar-refractivity contribution in [3.8, 4) is 0 Å². The van der Waals surface area contributed by atoms with E-state index in [2.05, 4.69) is 13.8 Å². The third kappa shape index (κ3) is 3.78. The molecule has 3 heteroatoms. The Morgan fingerprint density at radius 2 is 1.88 bits per heavy atom. The van der Waals surface area contributed by atoms with Gasteiger partial charge in [0.25, 0.3) is 0 Å². The van der Waals surface area contributed by atoms with Crippen LogP contribution in [0.15, 0.2) is 0 Å². The third-order valence-electron chi connectivity index (χ3n) is 3.76. The number of hydrogen-bond donors (Lipinski definition) is 1. The zero-order valence-corrected chi connectivity index (χ0v) is 10.9. The molecular formula is C13H26N2O. The second-order valence-corrected chi connectivity index (χ2v) is 5.51. The highest BCUT2D eigenvalue weighted by molar-refractivity contribution is 5.76. The second kappa shape index (κ2) is 6.24. The van der Waals surface area contributed by atoms with Gasteiger partial charge in [0.2, 0.25) is 5.91 Å². The summed E-state index contributed by atoms with van der Waals surface area (Å²) in [5, 5.41) is 0. The number of piperidine rings is 1. The van der Waals surface area contributed by atoms with Crippen molar-refractivity contribution in [2.75, 3.05) is 19.6 Å². The first-order chi connectivity index (χ1) is 7.54. The summed E-state index contributed by atoms with van der Waals surface area (Å²) in [6, 6.07) is 0. The van der Waals surface area contributed by atoms with Crippen molar-refractivity contribution in [3.63, 3.8) is 0 Å². The Hall–Kier alpha value is -0.570. The summed E-state index contributed by atoms with van der Waals surface area (Å²) in [5.74, 6) is 2.16. The molecule has 0 aromatic rings. The Bertz CT molecular complexity index is 220. The largest absolute Gasteiger partial charge is 0.343 e. The van der Waals surface area contributed by atoms with Gasteiger partial charge in [-0.15, -0.1) is 0 Å². The van der Waals surface area contributed by atoms with Crippen molar-refractivity contribution in [1.82, 2.24) is 4.90 Å². The maximum Gasteiger partial charge on any atom is 0.222 e. The van der Waals surface area contributed by atoms with Crippen LogP contribution < -0.4 is 5.73 Å². The molecule has 0 bridgehead atoms. The topological polar surface area (TPSA) is 46.3 Å². The molecule has 0 aliphatic carbocycles. The van der Waals surface area contributed by atoms with Gasteiger partial charge in [0.15, 0.2) is 0 Å². The number of amides is 1. The van der Waals surface area contributed by atoms with E-state index in [1.165, 1.54) is 12.8 Å². The molecule has 1 unspecified atom stereocenters. The second-order valence-electron chi connectivity index (χ2n) is 5.51. The minimum Gasteiger partial charge on any atom is -0.343 e. The van der Waals surface area contributed by atoms with Crippen LogP contribution in [0.4, 0.5) is 0 Å². The van der Waals surface area contributed by atoms with Crippen LogP contribution in [0.2, 0.25) is 0 Å². The van der Waals surface area contributed by atoms with E-state index in [1.54, 1.807) is 0 Å². The van der Waals surface area contributed by atoms with Crippen molar-refractivity contribution < 1.29 is 4.79 Å². The van der Waals surface area contributed by atoms with Crippen molar-refractivity contribution in [2.45, 2.75) is 40.0 Å². The highest BCUT2D eigenvalue weighted by atomic mass is 16.2. The first kappa shape index (κ1) is 13.5. The van der Waals surface area contributed by atoms with Gasteiger partial charge in [-0.25, -0.2) is 0 Å². The Kier molecular flexibility index (Phi) is 5.26. The standard InChI is InChI=1S/C13H26N2O/c1-10(2)12-4-6-15(7-5-12)13(16)8-11(3)9-14/h10-12H,4-9,14H2,1-3H3. The zero-order chi connectivity index (χ0) is 12.1. The quantitative estimate of drug-likeness (QED) is 0.795. The molecule has 1 atom stereocenters. The fourth-order valence-corrected chi connectivity index (χ4v) is 2.33. The molecule has 0 saturated carbocycles. The molecule has 0 aromatic carbocycles. The van der Waals surface area contributed by atoms with E-state index in [9.17, 15) is 4.79 Å². The first-order valence-corrected chi connectivity index (χ1v) is 6.52. The fourth-order valence-electron chi connectivity index (χ4n) is 2.33. The van der Waals surface area contributed by atoms with Gasteiger partial charge < -0.3 is 10.6 Å². The number of nitrogens with two attached hydrogens (primary N) is 1. The van der Waals surface area contributed by atoms with Gasteiger partial charge >= 0.3 is 0 Å². The Labute approximate surface area is 99.4 Å². The highest BCUT2D eigenvalue weighted by Crippen LogP contribution is 2.24. The van der Waals surface area contributed by atoms with Crippen LogP contribution in [0.5, 0.6) is 0 Å². The number of carbonyl (C=O) groups is 1. The van der Waals surface area contributed by atoms with Crippen LogP contribution in [0.25, 0.3) is 0 Å². The summed E-state index contributed by atoms with van der Waals surface area (Å²) in [6.07, 6.45) is 2.95. The number of carbonyl (C=O) groups excluding carboxylic acids is 1. The summed E-state index contributed by atoms with van der Waals surface area (Å²) in [7, 11) is 0. The van der Waals surface area contributed by atoms with Crippen LogP contribution in [0.1, 0.15) is 40.0 Å². The Morgan fingerprint density at radius 3 is 2.31 bits per heavy atom. The molecule has 0 spiro atoms. The fraction of sp³-hybridized carbons (Fsp3) is 0.923. The van der Waals surface area contributed by atoms with Gasteiger partial charge in [-0.3, -0.25) is 4.79 Å². The van der Waals surface area contributed by atoms with Crippen molar-refractivity contribution in [1.29, 1.82) is 0 Å². The molecule has 1 saturated heterocycles.